The molecule has 2 aliphatic rings. The highest BCUT2D eigenvalue weighted by Gasteiger charge is 2.35. The summed E-state index contributed by atoms with van der Waals surface area (Å²) in [5.74, 6) is -0.103. The van der Waals surface area contributed by atoms with E-state index in [1.54, 1.807) is 19.2 Å². The molecule has 3 heterocycles. The topological polar surface area (TPSA) is 95.6 Å². The largest absolute Gasteiger partial charge is 0.368 e. The number of nitrogens with one attached hydrogen (secondary N) is 3. The molecule has 0 spiro atoms. The maximum absolute atomic E-state index is 12.7. The number of hydrogen-bond donors (Lipinski definition) is 3. The van der Waals surface area contributed by atoms with Gasteiger partial charge in [-0.2, -0.15) is 0 Å². The van der Waals surface area contributed by atoms with E-state index in [4.69, 9.17) is 4.74 Å². The average Bonchev–Trinajstić information content (AvgIpc) is 3.06. The fourth-order valence-electron chi connectivity index (χ4n) is 3.05. The van der Waals surface area contributed by atoms with Crippen LogP contribution in [0.4, 0.5) is 0 Å². The van der Waals surface area contributed by atoms with Crippen LogP contribution in [-0.4, -0.2) is 61.0 Å². The smallest absolute Gasteiger partial charge is 0.252 e. The lowest BCUT2D eigenvalue weighted by molar-refractivity contribution is -0.143. The van der Waals surface area contributed by atoms with Gasteiger partial charge in [0.15, 0.2) is 0 Å². The molecule has 3 atom stereocenters. The standard InChI is InChI=1S/C16H23N5O3/c1-10-12(8-19-20-10)16(23)21-5-6-24-14(9-21)13-4-3-11(7-18-13)15(22)17-2/h3-4,7,10,12,14,19-20H,5-6,8-9H2,1-2H3,(H,17,22). The van der Waals surface area contributed by atoms with Crippen LogP contribution >= 0.6 is 0 Å². The van der Waals surface area contributed by atoms with Gasteiger partial charge in [0.1, 0.15) is 6.10 Å². The Morgan fingerprint density at radius 1 is 1.42 bits per heavy atom. The number of morpholine rings is 1. The molecule has 2 fully saturated rings. The van der Waals surface area contributed by atoms with Crippen molar-refractivity contribution in [3.63, 3.8) is 0 Å². The maximum Gasteiger partial charge on any atom is 0.252 e. The van der Waals surface area contributed by atoms with E-state index in [9.17, 15) is 9.59 Å². The molecule has 8 nitrogen and oxygen atoms in total. The Balaban J connectivity index is 1.67. The van der Waals surface area contributed by atoms with E-state index in [-0.39, 0.29) is 29.9 Å². The molecule has 0 radical (unpaired) electrons. The van der Waals surface area contributed by atoms with Crippen molar-refractivity contribution in [3.05, 3.63) is 29.6 Å². The molecule has 0 aliphatic carbocycles. The van der Waals surface area contributed by atoms with Crippen molar-refractivity contribution < 1.29 is 14.3 Å². The molecule has 2 saturated heterocycles. The van der Waals surface area contributed by atoms with Crippen molar-refractivity contribution in [2.24, 2.45) is 5.92 Å². The zero-order valence-corrected chi connectivity index (χ0v) is 13.9. The Hall–Kier alpha value is -2.03. The van der Waals surface area contributed by atoms with E-state index in [2.05, 4.69) is 21.2 Å². The highest BCUT2D eigenvalue weighted by molar-refractivity contribution is 5.93. The number of pyridine rings is 1. The summed E-state index contributed by atoms with van der Waals surface area (Å²) in [5, 5.41) is 2.56. The fourth-order valence-corrected chi connectivity index (χ4v) is 3.05. The van der Waals surface area contributed by atoms with E-state index < -0.39 is 0 Å². The Morgan fingerprint density at radius 2 is 2.25 bits per heavy atom. The van der Waals surface area contributed by atoms with Gasteiger partial charge in [0.2, 0.25) is 5.91 Å². The summed E-state index contributed by atoms with van der Waals surface area (Å²) in [6.07, 6.45) is 1.27. The third kappa shape index (κ3) is 3.40. The molecule has 24 heavy (non-hydrogen) atoms. The van der Waals surface area contributed by atoms with Gasteiger partial charge in [-0.15, -0.1) is 0 Å². The number of rotatable bonds is 3. The van der Waals surface area contributed by atoms with Crippen LogP contribution in [0.15, 0.2) is 18.3 Å². The van der Waals surface area contributed by atoms with E-state index in [0.29, 0.717) is 31.8 Å². The Labute approximate surface area is 140 Å². The van der Waals surface area contributed by atoms with Crippen LogP contribution in [0.1, 0.15) is 29.1 Å². The summed E-state index contributed by atoms with van der Waals surface area (Å²) in [4.78, 5) is 30.4. The minimum atomic E-state index is -0.265. The molecule has 0 saturated carbocycles. The lowest BCUT2D eigenvalue weighted by Crippen LogP contribution is -2.47. The number of carbonyl (C=O) groups excluding carboxylic acids is 2. The van der Waals surface area contributed by atoms with Gasteiger partial charge in [-0.3, -0.25) is 25.4 Å². The molecule has 2 aliphatic heterocycles. The van der Waals surface area contributed by atoms with E-state index in [1.165, 1.54) is 6.20 Å². The molecule has 1 aromatic heterocycles. The second-order valence-corrected chi connectivity index (χ2v) is 6.11. The lowest BCUT2D eigenvalue weighted by atomic mass is 10.0. The Kier molecular flexibility index (Phi) is 5.08. The average molecular weight is 333 g/mol. The lowest BCUT2D eigenvalue weighted by Gasteiger charge is -2.34. The number of carbonyl (C=O) groups is 2. The first-order valence-corrected chi connectivity index (χ1v) is 8.17. The fraction of sp³-hybridized carbons (Fsp3) is 0.562. The van der Waals surface area contributed by atoms with Crippen LogP contribution in [0.2, 0.25) is 0 Å². The zero-order chi connectivity index (χ0) is 17.1. The first-order chi connectivity index (χ1) is 11.6. The van der Waals surface area contributed by atoms with Gasteiger partial charge < -0.3 is 15.0 Å². The van der Waals surface area contributed by atoms with Crippen LogP contribution in [0.3, 0.4) is 0 Å². The van der Waals surface area contributed by atoms with Gasteiger partial charge in [0, 0.05) is 32.4 Å². The van der Waals surface area contributed by atoms with Crippen molar-refractivity contribution >= 4 is 11.8 Å². The van der Waals surface area contributed by atoms with Crippen molar-refractivity contribution in [3.8, 4) is 0 Å². The van der Waals surface area contributed by atoms with Gasteiger partial charge in [-0.05, 0) is 19.1 Å². The van der Waals surface area contributed by atoms with Crippen LogP contribution in [0.25, 0.3) is 0 Å². The van der Waals surface area contributed by atoms with Gasteiger partial charge in [0.05, 0.1) is 30.3 Å². The molecule has 3 N–H and O–H groups in total. The molecular weight excluding hydrogens is 310 g/mol. The predicted octanol–water partition coefficient (Wildman–Crippen LogP) is -0.546. The monoisotopic (exact) mass is 333 g/mol. The number of aromatic nitrogens is 1. The molecule has 8 heteroatoms. The molecule has 130 valence electrons. The van der Waals surface area contributed by atoms with Crippen molar-refractivity contribution in [1.82, 2.24) is 26.1 Å². The van der Waals surface area contributed by atoms with Crippen molar-refractivity contribution in [1.29, 1.82) is 0 Å². The normalized spacial score (nSPS) is 27.1. The Bertz CT molecular complexity index is 606. The highest BCUT2D eigenvalue weighted by atomic mass is 16.5. The van der Waals surface area contributed by atoms with Crippen molar-refractivity contribution in [2.45, 2.75) is 19.1 Å². The molecule has 0 aromatic carbocycles. The molecule has 2 amide bonds. The summed E-state index contributed by atoms with van der Waals surface area (Å²) in [7, 11) is 1.58. The number of ether oxygens (including phenoxy) is 1. The second kappa shape index (κ2) is 7.25. The minimum Gasteiger partial charge on any atom is -0.368 e. The van der Waals surface area contributed by atoms with Crippen LogP contribution in [0, 0.1) is 5.92 Å². The molecule has 0 bridgehead atoms. The number of hydrazine groups is 1. The quantitative estimate of drug-likeness (QED) is 0.687. The molecule has 1 aromatic rings. The van der Waals surface area contributed by atoms with Gasteiger partial charge in [-0.1, -0.05) is 0 Å². The molecular formula is C16H23N5O3. The van der Waals surface area contributed by atoms with Gasteiger partial charge >= 0.3 is 0 Å². The summed E-state index contributed by atoms with van der Waals surface area (Å²) in [6, 6.07) is 3.62. The minimum absolute atomic E-state index is 0.0627. The van der Waals surface area contributed by atoms with Crippen LogP contribution in [0.5, 0.6) is 0 Å². The van der Waals surface area contributed by atoms with E-state index in [0.717, 1.165) is 5.69 Å². The summed E-state index contributed by atoms with van der Waals surface area (Å²) >= 11 is 0. The second-order valence-electron chi connectivity index (χ2n) is 6.11. The highest BCUT2D eigenvalue weighted by Crippen LogP contribution is 2.23. The third-order valence-electron chi connectivity index (χ3n) is 4.56. The Morgan fingerprint density at radius 3 is 2.88 bits per heavy atom. The van der Waals surface area contributed by atoms with Crippen LogP contribution in [-0.2, 0) is 9.53 Å². The van der Waals surface area contributed by atoms with E-state index >= 15 is 0 Å². The predicted molar refractivity (Wildman–Crippen MR) is 87.0 cm³/mol. The van der Waals surface area contributed by atoms with E-state index in [1.807, 2.05) is 11.8 Å². The first-order valence-electron chi connectivity index (χ1n) is 8.17. The number of amides is 2. The first kappa shape index (κ1) is 16.8. The van der Waals surface area contributed by atoms with Gasteiger partial charge in [-0.25, -0.2) is 0 Å². The summed E-state index contributed by atoms with van der Waals surface area (Å²) in [5.41, 5.74) is 7.34. The number of nitrogens with zero attached hydrogens (tertiary/aromatic N) is 2. The SMILES string of the molecule is CNC(=O)c1ccc(C2CN(C(=O)C3CNNC3C)CCO2)nc1. The van der Waals surface area contributed by atoms with Gasteiger partial charge in [0.25, 0.3) is 5.91 Å². The maximum atomic E-state index is 12.7. The zero-order valence-electron chi connectivity index (χ0n) is 13.9. The summed E-state index contributed by atoms with van der Waals surface area (Å²) < 4.78 is 5.77. The molecule has 3 unspecified atom stereocenters. The van der Waals surface area contributed by atoms with Crippen molar-refractivity contribution in [2.75, 3.05) is 33.3 Å². The number of hydrogen-bond acceptors (Lipinski definition) is 6. The van der Waals surface area contributed by atoms with Crippen LogP contribution < -0.4 is 16.2 Å². The molecule has 3 rings (SSSR count). The third-order valence-corrected chi connectivity index (χ3v) is 4.56. The summed E-state index contributed by atoms with van der Waals surface area (Å²) in [6.45, 7) is 4.20.